The lowest BCUT2D eigenvalue weighted by Gasteiger charge is -2.08. The van der Waals surface area contributed by atoms with Crippen LogP contribution < -0.4 is 10.6 Å². The van der Waals surface area contributed by atoms with E-state index in [9.17, 15) is 14.0 Å². The van der Waals surface area contributed by atoms with Gasteiger partial charge in [0.15, 0.2) is 0 Å². The van der Waals surface area contributed by atoms with Gasteiger partial charge in [-0.1, -0.05) is 0 Å². The Hall–Kier alpha value is -2.28. The van der Waals surface area contributed by atoms with E-state index in [0.717, 1.165) is 6.07 Å². The highest BCUT2D eigenvalue weighted by atomic mass is 79.9. The number of halogens is 2. The highest BCUT2D eigenvalue weighted by Gasteiger charge is 2.11. The van der Waals surface area contributed by atoms with Crippen LogP contribution in [-0.2, 0) is 4.79 Å². The van der Waals surface area contributed by atoms with Crippen molar-refractivity contribution in [3.05, 3.63) is 58.6 Å². The number of benzene rings is 1. The number of nitrogens with zero attached hydrogens (tertiary/aromatic N) is 1. The van der Waals surface area contributed by atoms with Crippen molar-refractivity contribution in [3.63, 3.8) is 0 Å². The molecule has 0 fully saturated rings. The predicted molar refractivity (Wildman–Crippen MR) is 83.9 cm³/mol. The maximum Gasteiger partial charge on any atom is 0.252 e. The van der Waals surface area contributed by atoms with Gasteiger partial charge in [-0.05, 0) is 46.3 Å². The van der Waals surface area contributed by atoms with Crippen LogP contribution in [0.2, 0.25) is 0 Å². The SMILES string of the molecule is O=C(CCNC(=O)c1cc(F)ccc1Br)Nc1ccncc1. The molecule has 7 heteroatoms. The fraction of sp³-hybridized carbons (Fsp3) is 0.133. The Labute approximate surface area is 135 Å². The molecule has 0 spiro atoms. The Bertz CT molecular complexity index is 680. The fourth-order valence-corrected chi connectivity index (χ4v) is 2.14. The molecule has 0 aliphatic carbocycles. The van der Waals surface area contributed by atoms with Gasteiger partial charge in [0, 0.05) is 35.5 Å². The second-order valence-electron chi connectivity index (χ2n) is 4.41. The van der Waals surface area contributed by atoms with E-state index in [4.69, 9.17) is 0 Å². The average Bonchev–Trinajstić information content (AvgIpc) is 2.50. The van der Waals surface area contributed by atoms with Gasteiger partial charge in [-0.25, -0.2) is 4.39 Å². The topological polar surface area (TPSA) is 71.1 Å². The minimum absolute atomic E-state index is 0.112. The molecule has 0 unspecified atom stereocenters. The summed E-state index contributed by atoms with van der Waals surface area (Å²) in [5.41, 5.74) is 0.828. The van der Waals surface area contributed by atoms with Crippen LogP contribution in [0.3, 0.4) is 0 Å². The second kappa shape index (κ2) is 7.65. The monoisotopic (exact) mass is 365 g/mol. The number of hydrogen-bond acceptors (Lipinski definition) is 3. The van der Waals surface area contributed by atoms with Crippen molar-refractivity contribution in [2.24, 2.45) is 0 Å². The van der Waals surface area contributed by atoms with Crippen LogP contribution >= 0.6 is 15.9 Å². The maximum absolute atomic E-state index is 13.1. The van der Waals surface area contributed by atoms with Gasteiger partial charge >= 0.3 is 0 Å². The molecule has 0 radical (unpaired) electrons. The summed E-state index contributed by atoms with van der Waals surface area (Å²) in [6.45, 7) is 0.151. The molecular weight excluding hydrogens is 353 g/mol. The first-order chi connectivity index (χ1) is 10.6. The van der Waals surface area contributed by atoms with E-state index in [2.05, 4.69) is 31.5 Å². The number of hydrogen-bond donors (Lipinski definition) is 2. The maximum atomic E-state index is 13.1. The van der Waals surface area contributed by atoms with Crippen LogP contribution in [0.5, 0.6) is 0 Å². The predicted octanol–water partition coefficient (Wildman–Crippen LogP) is 2.74. The quantitative estimate of drug-likeness (QED) is 0.855. The summed E-state index contributed by atoms with van der Waals surface area (Å²) in [5.74, 6) is -1.17. The number of pyridine rings is 1. The minimum atomic E-state index is -0.496. The van der Waals surface area contributed by atoms with E-state index in [1.54, 1.807) is 24.5 Å². The zero-order valence-corrected chi connectivity index (χ0v) is 13.1. The highest BCUT2D eigenvalue weighted by molar-refractivity contribution is 9.10. The summed E-state index contributed by atoms with van der Waals surface area (Å²) < 4.78 is 13.6. The van der Waals surface area contributed by atoms with Crippen molar-refractivity contribution < 1.29 is 14.0 Å². The molecule has 2 N–H and O–H groups in total. The molecule has 1 aromatic carbocycles. The van der Waals surface area contributed by atoms with Gasteiger partial charge in [-0.15, -0.1) is 0 Å². The second-order valence-corrected chi connectivity index (χ2v) is 5.27. The van der Waals surface area contributed by atoms with E-state index in [1.165, 1.54) is 12.1 Å². The first kappa shape index (κ1) is 16.1. The summed E-state index contributed by atoms with van der Waals surface area (Å²) in [5, 5.41) is 5.25. The van der Waals surface area contributed by atoms with Gasteiger partial charge in [0.1, 0.15) is 5.82 Å². The molecule has 2 aromatic rings. The smallest absolute Gasteiger partial charge is 0.252 e. The van der Waals surface area contributed by atoms with Crippen LogP contribution in [0.15, 0.2) is 47.2 Å². The lowest BCUT2D eigenvalue weighted by atomic mass is 10.2. The molecule has 0 saturated heterocycles. The molecule has 1 heterocycles. The zero-order chi connectivity index (χ0) is 15.9. The van der Waals surface area contributed by atoms with Crippen LogP contribution in [0.1, 0.15) is 16.8 Å². The summed E-state index contributed by atoms with van der Waals surface area (Å²) in [7, 11) is 0. The van der Waals surface area contributed by atoms with Crippen molar-refractivity contribution in [2.75, 3.05) is 11.9 Å². The normalized spacial score (nSPS) is 10.1. The highest BCUT2D eigenvalue weighted by Crippen LogP contribution is 2.17. The number of amides is 2. The third-order valence-electron chi connectivity index (χ3n) is 2.77. The minimum Gasteiger partial charge on any atom is -0.351 e. The van der Waals surface area contributed by atoms with Crippen molar-refractivity contribution in [1.29, 1.82) is 0 Å². The van der Waals surface area contributed by atoms with E-state index < -0.39 is 11.7 Å². The van der Waals surface area contributed by atoms with Crippen molar-refractivity contribution in [2.45, 2.75) is 6.42 Å². The Morgan fingerprint density at radius 3 is 2.64 bits per heavy atom. The standard InChI is InChI=1S/C15H13BrFN3O2/c16-13-2-1-10(17)9-12(13)15(22)19-8-5-14(21)20-11-3-6-18-7-4-11/h1-4,6-7,9H,5,8H2,(H,19,22)(H,18,20,21). The van der Waals surface area contributed by atoms with E-state index in [-0.39, 0.29) is 24.4 Å². The Morgan fingerprint density at radius 2 is 1.91 bits per heavy atom. The molecule has 1 aromatic heterocycles. The van der Waals surface area contributed by atoms with Crippen LogP contribution in [0.4, 0.5) is 10.1 Å². The lowest BCUT2D eigenvalue weighted by molar-refractivity contribution is -0.116. The van der Waals surface area contributed by atoms with Crippen molar-refractivity contribution in [3.8, 4) is 0 Å². The Morgan fingerprint density at radius 1 is 1.18 bits per heavy atom. The van der Waals surface area contributed by atoms with E-state index >= 15 is 0 Å². The van der Waals surface area contributed by atoms with Gasteiger partial charge < -0.3 is 10.6 Å². The molecule has 114 valence electrons. The largest absolute Gasteiger partial charge is 0.351 e. The molecule has 0 bridgehead atoms. The molecule has 0 atom stereocenters. The molecule has 0 aliphatic rings. The zero-order valence-electron chi connectivity index (χ0n) is 11.5. The molecule has 0 aliphatic heterocycles. The lowest BCUT2D eigenvalue weighted by Crippen LogP contribution is -2.28. The Balaban J connectivity index is 1.82. The van der Waals surface area contributed by atoms with Gasteiger partial charge in [0.2, 0.25) is 5.91 Å². The summed E-state index contributed by atoms with van der Waals surface area (Å²) in [4.78, 5) is 27.5. The summed E-state index contributed by atoms with van der Waals surface area (Å²) >= 11 is 3.18. The molecule has 5 nitrogen and oxygen atoms in total. The van der Waals surface area contributed by atoms with E-state index in [1.807, 2.05) is 0 Å². The number of aromatic nitrogens is 1. The van der Waals surface area contributed by atoms with Crippen LogP contribution in [0.25, 0.3) is 0 Å². The number of carbonyl (C=O) groups excluding carboxylic acids is 2. The molecule has 2 rings (SSSR count). The average molecular weight is 366 g/mol. The number of nitrogens with one attached hydrogen (secondary N) is 2. The van der Waals surface area contributed by atoms with Crippen molar-refractivity contribution >= 4 is 33.4 Å². The van der Waals surface area contributed by atoms with Gasteiger partial charge in [0.25, 0.3) is 5.91 Å². The third kappa shape index (κ3) is 4.63. The number of carbonyl (C=O) groups is 2. The van der Waals surface area contributed by atoms with E-state index in [0.29, 0.717) is 10.2 Å². The third-order valence-corrected chi connectivity index (χ3v) is 3.47. The fourth-order valence-electron chi connectivity index (χ4n) is 1.72. The summed E-state index contributed by atoms with van der Waals surface area (Å²) in [6.07, 6.45) is 3.25. The van der Waals surface area contributed by atoms with Crippen LogP contribution in [-0.4, -0.2) is 23.3 Å². The van der Waals surface area contributed by atoms with Gasteiger partial charge in [-0.2, -0.15) is 0 Å². The molecule has 0 saturated carbocycles. The Kier molecular flexibility index (Phi) is 5.60. The van der Waals surface area contributed by atoms with Gasteiger partial charge in [0.05, 0.1) is 5.56 Å². The summed E-state index contributed by atoms with van der Waals surface area (Å²) in [6, 6.07) is 7.18. The molecule has 2 amide bonds. The molecule has 22 heavy (non-hydrogen) atoms. The first-order valence-corrected chi connectivity index (χ1v) is 7.28. The van der Waals surface area contributed by atoms with Crippen LogP contribution in [0, 0.1) is 5.82 Å². The van der Waals surface area contributed by atoms with Crippen molar-refractivity contribution in [1.82, 2.24) is 10.3 Å². The molecular formula is C15H13BrFN3O2. The number of anilines is 1. The van der Waals surface area contributed by atoms with Gasteiger partial charge in [-0.3, -0.25) is 14.6 Å². The number of rotatable bonds is 5. The first-order valence-electron chi connectivity index (χ1n) is 6.49.